The van der Waals surface area contributed by atoms with Crippen LogP contribution in [0.15, 0.2) is 60.7 Å². The molecule has 3 atom stereocenters. The maximum absolute atomic E-state index is 10.0. The standard InChI is InChI=1S/C21H28O2Si/c1-16-20(22)14-19(23-16)15-24(2,3)21(17-10-6-4-7-11-17)18-12-8-5-9-13-18/h4-13,16,19-22H,14-15H2,1-3H3/t16-,19-,20-/m0/s1. The second-order valence-corrected chi connectivity index (χ2v) is 12.7. The third-order valence-corrected chi connectivity index (χ3v) is 8.99. The Balaban J connectivity index is 1.90. The van der Waals surface area contributed by atoms with Crippen LogP contribution in [0, 0.1) is 0 Å². The molecular weight excluding hydrogens is 312 g/mol. The first-order chi connectivity index (χ1) is 11.5. The SMILES string of the molecule is C[C@@H]1O[C@H](C[Si](C)(C)C(c2ccccc2)c2ccccc2)C[C@@H]1O. The lowest BCUT2D eigenvalue weighted by Crippen LogP contribution is -2.39. The van der Waals surface area contributed by atoms with Crippen molar-refractivity contribution in [2.45, 2.75) is 56.3 Å². The van der Waals surface area contributed by atoms with Crippen LogP contribution in [0.2, 0.25) is 19.1 Å². The number of hydrogen-bond acceptors (Lipinski definition) is 2. The molecule has 0 amide bonds. The van der Waals surface area contributed by atoms with E-state index >= 15 is 0 Å². The van der Waals surface area contributed by atoms with Gasteiger partial charge in [0.25, 0.3) is 0 Å². The molecule has 1 aliphatic rings. The summed E-state index contributed by atoms with van der Waals surface area (Å²) in [6.07, 6.45) is 0.610. The third-order valence-electron chi connectivity index (χ3n) is 5.25. The van der Waals surface area contributed by atoms with Gasteiger partial charge in [-0.3, -0.25) is 0 Å². The summed E-state index contributed by atoms with van der Waals surface area (Å²) in [6.45, 7) is 6.89. The molecule has 1 heterocycles. The summed E-state index contributed by atoms with van der Waals surface area (Å²) in [5.74, 6) is 0. The van der Waals surface area contributed by atoms with Crippen LogP contribution in [-0.2, 0) is 4.74 Å². The molecule has 3 rings (SSSR count). The third kappa shape index (κ3) is 3.80. The highest BCUT2D eigenvalue weighted by Crippen LogP contribution is 2.39. The molecule has 1 saturated heterocycles. The highest BCUT2D eigenvalue weighted by molar-refractivity contribution is 6.79. The highest BCUT2D eigenvalue weighted by Gasteiger charge is 2.40. The number of hydrogen-bond donors (Lipinski definition) is 1. The number of ether oxygens (including phenoxy) is 1. The van der Waals surface area contributed by atoms with E-state index in [1.807, 2.05) is 6.92 Å². The van der Waals surface area contributed by atoms with Gasteiger partial charge >= 0.3 is 0 Å². The normalized spacial score (nSPS) is 24.5. The topological polar surface area (TPSA) is 29.5 Å². The summed E-state index contributed by atoms with van der Waals surface area (Å²) in [5, 5.41) is 10.0. The van der Waals surface area contributed by atoms with Crippen molar-refractivity contribution in [2.75, 3.05) is 0 Å². The monoisotopic (exact) mass is 340 g/mol. The van der Waals surface area contributed by atoms with Crippen molar-refractivity contribution >= 4 is 8.07 Å². The van der Waals surface area contributed by atoms with Crippen molar-refractivity contribution in [3.63, 3.8) is 0 Å². The minimum absolute atomic E-state index is 0.0355. The van der Waals surface area contributed by atoms with E-state index in [0.29, 0.717) is 5.54 Å². The van der Waals surface area contributed by atoms with Crippen LogP contribution in [0.5, 0.6) is 0 Å². The molecule has 24 heavy (non-hydrogen) atoms. The Labute approximate surface area is 146 Å². The van der Waals surface area contributed by atoms with Gasteiger partial charge in [-0.1, -0.05) is 73.8 Å². The first kappa shape index (κ1) is 17.4. The molecule has 0 bridgehead atoms. The lowest BCUT2D eigenvalue weighted by Gasteiger charge is -2.35. The Morgan fingerprint density at radius 2 is 1.50 bits per heavy atom. The minimum atomic E-state index is -1.67. The molecule has 3 heteroatoms. The summed E-state index contributed by atoms with van der Waals surface area (Å²) in [7, 11) is -1.67. The van der Waals surface area contributed by atoms with Gasteiger partial charge in [-0.2, -0.15) is 0 Å². The van der Waals surface area contributed by atoms with Crippen molar-refractivity contribution in [1.29, 1.82) is 0 Å². The molecule has 2 aromatic carbocycles. The summed E-state index contributed by atoms with van der Waals surface area (Å²) in [6, 6.07) is 22.8. The Morgan fingerprint density at radius 3 is 1.92 bits per heavy atom. The summed E-state index contributed by atoms with van der Waals surface area (Å²) < 4.78 is 6.02. The summed E-state index contributed by atoms with van der Waals surface area (Å²) in [5.41, 5.74) is 3.23. The van der Waals surface area contributed by atoms with Gasteiger partial charge in [0.2, 0.25) is 0 Å². The predicted octanol–water partition coefficient (Wildman–Crippen LogP) is 4.60. The maximum Gasteiger partial charge on any atom is 0.0823 e. The van der Waals surface area contributed by atoms with E-state index in [1.165, 1.54) is 11.1 Å². The summed E-state index contributed by atoms with van der Waals surface area (Å²) >= 11 is 0. The minimum Gasteiger partial charge on any atom is -0.390 e. The molecule has 0 spiro atoms. The van der Waals surface area contributed by atoms with E-state index in [0.717, 1.165) is 12.5 Å². The van der Waals surface area contributed by atoms with E-state index in [1.54, 1.807) is 0 Å². The van der Waals surface area contributed by atoms with Gasteiger partial charge in [0.15, 0.2) is 0 Å². The van der Waals surface area contributed by atoms with E-state index in [9.17, 15) is 5.11 Å². The van der Waals surface area contributed by atoms with Gasteiger partial charge < -0.3 is 9.84 Å². The molecule has 0 radical (unpaired) electrons. The zero-order valence-electron chi connectivity index (χ0n) is 14.9. The molecule has 1 N–H and O–H groups in total. The van der Waals surface area contributed by atoms with Crippen molar-refractivity contribution in [1.82, 2.24) is 0 Å². The fourth-order valence-corrected chi connectivity index (χ4v) is 7.99. The Hall–Kier alpha value is -1.42. The molecular formula is C21H28O2Si. The van der Waals surface area contributed by atoms with E-state index in [-0.39, 0.29) is 18.3 Å². The van der Waals surface area contributed by atoms with Gasteiger partial charge in [-0.15, -0.1) is 0 Å². The maximum atomic E-state index is 10.0. The molecule has 2 nitrogen and oxygen atoms in total. The predicted molar refractivity (Wildman–Crippen MR) is 102 cm³/mol. The van der Waals surface area contributed by atoms with Crippen molar-refractivity contribution in [3.05, 3.63) is 71.8 Å². The van der Waals surface area contributed by atoms with Crippen molar-refractivity contribution in [3.8, 4) is 0 Å². The van der Waals surface area contributed by atoms with Crippen molar-refractivity contribution < 1.29 is 9.84 Å². The van der Waals surface area contributed by atoms with Crippen molar-refractivity contribution in [2.24, 2.45) is 0 Å². The van der Waals surface area contributed by atoms with Crippen LogP contribution in [0.3, 0.4) is 0 Å². The fraction of sp³-hybridized carbons (Fsp3) is 0.429. The molecule has 1 fully saturated rings. The number of aliphatic hydroxyl groups excluding tert-OH is 1. The van der Waals surface area contributed by atoms with E-state index in [4.69, 9.17) is 4.74 Å². The van der Waals surface area contributed by atoms with Gasteiger partial charge in [-0.25, -0.2) is 0 Å². The molecule has 0 aromatic heterocycles. The molecule has 128 valence electrons. The first-order valence-electron chi connectivity index (χ1n) is 8.91. The van der Waals surface area contributed by atoms with Gasteiger partial charge in [-0.05, 0) is 24.1 Å². The smallest absolute Gasteiger partial charge is 0.0823 e. The first-order valence-corrected chi connectivity index (χ1v) is 12.2. The van der Waals surface area contributed by atoms with Crippen LogP contribution in [0.4, 0.5) is 0 Å². The van der Waals surface area contributed by atoms with Gasteiger partial charge in [0, 0.05) is 12.0 Å². The summed E-state index contributed by atoms with van der Waals surface area (Å²) in [4.78, 5) is 0. The fourth-order valence-electron chi connectivity index (χ4n) is 4.13. The number of rotatable bonds is 5. The van der Waals surface area contributed by atoms with E-state index < -0.39 is 8.07 Å². The quantitative estimate of drug-likeness (QED) is 0.806. The molecule has 2 aromatic rings. The van der Waals surface area contributed by atoms with Crippen LogP contribution in [0.25, 0.3) is 0 Å². The van der Waals surface area contributed by atoms with Gasteiger partial charge in [0.1, 0.15) is 0 Å². The molecule has 1 aliphatic heterocycles. The van der Waals surface area contributed by atoms with Crippen LogP contribution >= 0.6 is 0 Å². The van der Waals surface area contributed by atoms with Crippen LogP contribution in [0.1, 0.15) is 30.0 Å². The number of benzene rings is 2. The highest BCUT2D eigenvalue weighted by atomic mass is 28.3. The van der Waals surface area contributed by atoms with Gasteiger partial charge in [0.05, 0.1) is 26.4 Å². The lowest BCUT2D eigenvalue weighted by molar-refractivity contribution is 0.0282. The van der Waals surface area contributed by atoms with Crippen LogP contribution < -0.4 is 0 Å². The zero-order valence-corrected chi connectivity index (χ0v) is 15.9. The Kier molecular flexibility index (Phi) is 5.23. The van der Waals surface area contributed by atoms with Crippen LogP contribution in [-0.4, -0.2) is 31.5 Å². The molecule has 0 unspecified atom stereocenters. The molecule has 0 aliphatic carbocycles. The van der Waals surface area contributed by atoms with E-state index in [2.05, 4.69) is 73.8 Å². The second kappa shape index (κ2) is 7.22. The average molecular weight is 341 g/mol. The number of aliphatic hydroxyl groups is 1. The molecule has 0 saturated carbocycles. The Morgan fingerprint density at radius 1 is 1.00 bits per heavy atom. The largest absolute Gasteiger partial charge is 0.390 e. The Bertz CT molecular complexity index is 592. The average Bonchev–Trinajstić information content (AvgIpc) is 2.86. The second-order valence-electron chi connectivity index (χ2n) is 7.71. The zero-order chi connectivity index (χ0) is 17.2. The lowest BCUT2D eigenvalue weighted by atomic mass is 10.0.